The zero-order valence-electron chi connectivity index (χ0n) is 12.2. The molecule has 1 aromatic rings. The highest BCUT2D eigenvalue weighted by Gasteiger charge is 2.15. The highest BCUT2D eigenvalue weighted by molar-refractivity contribution is 6.42. The van der Waals surface area contributed by atoms with E-state index < -0.39 is 12.2 Å². The minimum atomic E-state index is -0.884. The Labute approximate surface area is 139 Å². The van der Waals surface area contributed by atoms with E-state index in [0.29, 0.717) is 10.8 Å². The molecule has 1 amide bonds. The lowest BCUT2D eigenvalue weighted by Gasteiger charge is -2.16. The first-order valence-electron chi connectivity index (χ1n) is 6.70. The smallest absolute Gasteiger partial charge is 0.248 e. The molecule has 1 rings (SSSR count). The van der Waals surface area contributed by atoms with Gasteiger partial charge in [0.15, 0.2) is 0 Å². The van der Waals surface area contributed by atoms with E-state index in [1.54, 1.807) is 31.2 Å². The maximum atomic E-state index is 11.7. The molecule has 0 aliphatic rings. The van der Waals surface area contributed by atoms with Gasteiger partial charge in [0.1, 0.15) is 29.6 Å². The summed E-state index contributed by atoms with van der Waals surface area (Å²) < 4.78 is 10.5. The molecule has 2 unspecified atom stereocenters. The quantitative estimate of drug-likeness (QED) is 0.673. The number of amides is 1. The Hall–Kier alpha value is -1.27. The van der Waals surface area contributed by atoms with Crippen LogP contribution in [0.1, 0.15) is 6.92 Å². The van der Waals surface area contributed by atoms with Crippen LogP contribution < -0.4 is 10.1 Å². The molecule has 7 heteroatoms. The third-order valence-corrected chi connectivity index (χ3v) is 3.49. The van der Waals surface area contributed by atoms with Crippen molar-refractivity contribution in [2.45, 2.75) is 19.1 Å². The fourth-order valence-electron chi connectivity index (χ4n) is 1.49. The summed E-state index contributed by atoms with van der Waals surface area (Å²) in [6, 6.07) is 4.97. The molecular weight excluding hydrogens is 329 g/mol. The Morgan fingerprint density at radius 1 is 1.50 bits per heavy atom. The van der Waals surface area contributed by atoms with Crippen LogP contribution in [-0.2, 0) is 9.53 Å². The van der Waals surface area contributed by atoms with Crippen molar-refractivity contribution in [1.82, 2.24) is 5.32 Å². The summed E-state index contributed by atoms with van der Waals surface area (Å²) in [5.74, 6) is 0.0592. The van der Waals surface area contributed by atoms with Gasteiger partial charge in [0.2, 0.25) is 5.91 Å². The Kier molecular flexibility index (Phi) is 8.27. The summed E-state index contributed by atoms with van der Waals surface area (Å²) in [6.45, 7) is 5.42. The molecule has 122 valence electrons. The van der Waals surface area contributed by atoms with Gasteiger partial charge in [-0.25, -0.2) is 0 Å². The Morgan fingerprint density at radius 2 is 2.23 bits per heavy atom. The largest absolute Gasteiger partial charge is 0.489 e. The van der Waals surface area contributed by atoms with E-state index in [9.17, 15) is 9.90 Å². The lowest BCUT2D eigenvalue weighted by Crippen LogP contribution is -2.40. The van der Waals surface area contributed by atoms with Crippen molar-refractivity contribution in [2.75, 3.05) is 19.8 Å². The number of nitrogens with one attached hydrogen (secondary N) is 1. The molecular formula is C15H19Cl2NO4. The van der Waals surface area contributed by atoms with Gasteiger partial charge in [-0.2, -0.15) is 0 Å². The lowest BCUT2D eigenvalue weighted by molar-refractivity contribution is -0.131. The average molecular weight is 348 g/mol. The van der Waals surface area contributed by atoms with Crippen molar-refractivity contribution < 1.29 is 19.4 Å². The molecule has 1 aromatic carbocycles. The molecule has 0 bridgehead atoms. The first-order valence-corrected chi connectivity index (χ1v) is 7.46. The van der Waals surface area contributed by atoms with E-state index in [-0.39, 0.29) is 30.7 Å². The summed E-state index contributed by atoms with van der Waals surface area (Å²) in [6.07, 6.45) is 0.0559. The number of hydrogen-bond donors (Lipinski definition) is 2. The van der Waals surface area contributed by atoms with Gasteiger partial charge in [-0.1, -0.05) is 35.3 Å². The van der Waals surface area contributed by atoms with Crippen LogP contribution in [0, 0.1) is 0 Å². The molecule has 0 aromatic heterocycles. The van der Waals surface area contributed by atoms with Crippen molar-refractivity contribution in [3.8, 4) is 5.75 Å². The van der Waals surface area contributed by atoms with Gasteiger partial charge in [-0.3, -0.25) is 4.79 Å². The molecule has 0 aliphatic heterocycles. The Balaban J connectivity index is 2.34. The molecule has 0 saturated heterocycles. The SMILES string of the molecule is C=CCOC(C)C(=O)NCC(O)COc1cccc(Cl)c1Cl. The average Bonchev–Trinajstić information content (AvgIpc) is 2.51. The summed E-state index contributed by atoms with van der Waals surface area (Å²) in [7, 11) is 0. The number of ether oxygens (including phenoxy) is 2. The van der Waals surface area contributed by atoms with Crippen molar-refractivity contribution in [2.24, 2.45) is 0 Å². The number of carbonyl (C=O) groups excluding carboxylic acids is 1. The number of aliphatic hydroxyl groups is 1. The zero-order valence-corrected chi connectivity index (χ0v) is 13.7. The molecule has 0 spiro atoms. The van der Waals surface area contributed by atoms with Gasteiger partial charge < -0.3 is 19.9 Å². The van der Waals surface area contributed by atoms with Gasteiger partial charge in [0.05, 0.1) is 11.6 Å². The van der Waals surface area contributed by atoms with Crippen LogP contribution in [-0.4, -0.2) is 43.0 Å². The summed E-state index contributed by atoms with van der Waals surface area (Å²) in [5.41, 5.74) is 0. The minimum Gasteiger partial charge on any atom is -0.489 e. The zero-order chi connectivity index (χ0) is 16.5. The molecule has 0 aliphatic carbocycles. The predicted octanol–water partition coefficient (Wildman–Crippen LogP) is 2.44. The van der Waals surface area contributed by atoms with E-state index in [2.05, 4.69) is 11.9 Å². The van der Waals surface area contributed by atoms with Gasteiger partial charge in [-0.05, 0) is 19.1 Å². The molecule has 0 saturated carbocycles. The molecule has 0 fully saturated rings. The third-order valence-electron chi connectivity index (χ3n) is 2.69. The Morgan fingerprint density at radius 3 is 2.91 bits per heavy atom. The standard InChI is InChI=1S/C15H19Cl2NO4/c1-3-7-21-10(2)15(20)18-8-11(19)9-22-13-6-4-5-12(16)14(13)17/h3-6,10-11,19H,1,7-9H2,2H3,(H,18,20). The summed E-state index contributed by atoms with van der Waals surface area (Å²) in [5, 5.41) is 13.0. The van der Waals surface area contributed by atoms with Crippen molar-refractivity contribution in [1.29, 1.82) is 0 Å². The highest BCUT2D eigenvalue weighted by Crippen LogP contribution is 2.31. The second kappa shape index (κ2) is 9.69. The second-order valence-electron chi connectivity index (χ2n) is 4.53. The van der Waals surface area contributed by atoms with Crippen LogP contribution in [0.3, 0.4) is 0 Å². The van der Waals surface area contributed by atoms with Gasteiger partial charge in [0.25, 0.3) is 0 Å². The van der Waals surface area contributed by atoms with Crippen molar-refractivity contribution >= 4 is 29.1 Å². The van der Waals surface area contributed by atoms with E-state index in [1.807, 2.05) is 0 Å². The number of carbonyl (C=O) groups is 1. The molecule has 0 radical (unpaired) electrons. The maximum absolute atomic E-state index is 11.7. The summed E-state index contributed by atoms with van der Waals surface area (Å²) in [4.78, 5) is 11.7. The normalized spacial score (nSPS) is 13.3. The molecule has 22 heavy (non-hydrogen) atoms. The lowest BCUT2D eigenvalue weighted by atomic mass is 10.3. The first-order chi connectivity index (χ1) is 10.5. The van der Waals surface area contributed by atoms with Crippen LogP contribution in [0.25, 0.3) is 0 Å². The number of rotatable bonds is 9. The van der Waals surface area contributed by atoms with Crippen LogP contribution in [0.4, 0.5) is 0 Å². The Bertz CT molecular complexity index is 510. The van der Waals surface area contributed by atoms with Crippen LogP contribution in [0.2, 0.25) is 10.0 Å². The molecule has 5 nitrogen and oxygen atoms in total. The monoisotopic (exact) mass is 347 g/mol. The minimum absolute atomic E-state index is 0.0256. The number of benzene rings is 1. The van der Waals surface area contributed by atoms with E-state index in [0.717, 1.165) is 0 Å². The number of hydrogen-bond acceptors (Lipinski definition) is 4. The van der Waals surface area contributed by atoms with Gasteiger partial charge in [-0.15, -0.1) is 6.58 Å². The number of aliphatic hydroxyl groups excluding tert-OH is 1. The van der Waals surface area contributed by atoms with E-state index in [4.69, 9.17) is 32.7 Å². The molecule has 0 heterocycles. The topological polar surface area (TPSA) is 67.8 Å². The van der Waals surface area contributed by atoms with Crippen LogP contribution in [0.15, 0.2) is 30.9 Å². The fraction of sp³-hybridized carbons (Fsp3) is 0.400. The van der Waals surface area contributed by atoms with Crippen molar-refractivity contribution in [3.63, 3.8) is 0 Å². The molecule has 2 atom stereocenters. The summed E-state index contributed by atoms with van der Waals surface area (Å²) >= 11 is 11.8. The van der Waals surface area contributed by atoms with Crippen LogP contribution >= 0.6 is 23.2 Å². The highest BCUT2D eigenvalue weighted by atomic mass is 35.5. The van der Waals surface area contributed by atoms with Crippen molar-refractivity contribution in [3.05, 3.63) is 40.9 Å². The molecule has 2 N–H and O–H groups in total. The second-order valence-corrected chi connectivity index (χ2v) is 5.31. The third kappa shape index (κ3) is 6.23. The van der Waals surface area contributed by atoms with E-state index >= 15 is 0 Å². The van der Waals surface area contributed by atoms with E-state index in [1.165, 1.54) is 0 Å². The maximum Gasteiger partial charge on any atom is 0.248 e. The van der Waals surface area contributed by atoms with Gasteiger partial charge >= 0.3 is 0 Å². The fourth-order valence-corrected chi connectivity index (χ4v) is 1.84. The van der Waals surface area contributed by atoms with Gasteiger partial charge in [0, 0.05) is 6.54 Å². The first kappa shape index (κ1) is 18.8. The predicted molar refractivity (Wildman–Crippen MR) is 86.6 cm³/mol. The number of halogens is 2. The van der Waals surface area contributed by atoms with Crippen LogP contribution in [0.5, 0.6) is 5.75 Å².